The fourth-order valence-corrected chi connectivity index (χ4v) is 4.34. The predicted molar refractivity (Wildman–Crippen MR) is 120 cm³/mol. The molecule has 1 saturated carbocycles. The highest BCUT2D eigenvalue weighted by atomic mass is 79.9. The lowest BCUT2D eigenvalue weighted by Gasteiger charge is -2.25. The zero-order valence-electron chi connectivity index (χ0n) is 16.2. The smallest absolute Gasteiger partial charge is 0.135 e. The number of amidine groups is 1. The van der Waals surface area contributed by atoms with Crippen molar-refractivity contribution in [3.05, 3.63) is 58.3 Å². The summed E-state index contributed by atoms with van der Waals surface area (Å²) in [6.07, 6.45) is 10.9. The molecular formula is C22H26BrN5. The predicted octanol–water partition coefficient (Wildman–Crippen LogP) is 5.44. The molecule has 0 amide bonds. The lowest BCUT2D eigenvalue weighted by Crippen LogP contribution is -2.25. The Morgan fingerprint density at radius 3 is 2.86 bits per heavy atom. The summed E-state index contributed by atoms with van der Waals surface area (Å²) in [6.45, 7) is 2.13. The van der Waals surface area contributed by atoms with Crippen LogP contribution < -0.4 is 11.1 Å². The number of nitrogens with two attached hydrogens (primary N) is 1. The molecule has 0 atom stereocenters. The van der Waals surface area contributed by atoms with Gasteiger partial charge >= 0.3 is 0 Å². The standard InChI is InChI=1S/C22H26BrN5/c1-2-15-8-6-7-11-19(15)27-22(24)18-13-25-28-14-16(23)12-20(28)21(18)26-17-9-4-3-5-10-17/h6-8,11-14,17,26H,2-5,9-10H2,1H3,(H2,24,27). The van der Waals surface area contributed by atoms with Crippen molar-refractivity contribution in [3.8, 4) is 0 Å². The van der Waals surface area contributed by atoms with Gasteiger partial charge < -0.3 is 11.1 Å². The average Bonchev–Trinajstić information content (AvgIpc) is 3.10. The molecule has 1 aromatic carbocycles. The van der Waals surface area contributed by atoms with Crippen LogP contribution in [-0.4, -0.2) is 21.5 Å². The molecule has 0 bridgehead atoms. The summed E-state index contributed by atoms with van der Waals surface area (Å²) in [5.74, 6) is 0.492. The number of para-hydroxylation sites is 1. The van der Waals surface area contributed by atoms with E-state index in [0.29, 0.717) is 11.9 Å². The number of hydrogen-bond donors (Lipinski definition) is 2. The highest BCUT2D eigenvalue weighted by Crippen LogP contribution is 2.30. The molecule has 1 aliphatic carbocycles. The summed E-state index contributed by atoms with van der Waals surface area (Å²) in [7, 11) is 0. The first-order chi connectivity index (χ1) is 13.7. The fourth-order valence-electron chi connectivity index (χ4n) is 3.93. The number of aromatic nitrogens is 2. The molecule has 3 aromatic rings. The van der Waals surface area contributed by atoms with Crippen LogP contribution in [0.1, 0.15) is 50.2 Å². The topological polar surface area (TPSA) is 67.7 Å². The number of rotatable bonds is 5. The summed E-state index contributed by atoms with van der Waals surface area (Å²) in [5, 5.41) is 8.31. The van der Waals surface area contributed by atoms with Crippen molar-refractivity contribution in [3.63, 3.8) is 0 Å². The number of nitrogens with one attached hydrogen (secondary N) is 1. The van der Waals surface area contributed by atoms with E-state index in [0.717, 1.165) is 33.3 Å². The van der Waals surface area contributed by atoms with E-state index in [1.165, 1.54) is 37.7 Å². The number of anilines is 1. The van der Waals surface area contributed by atoms with Crippen molar-refractivity contribution in [1.82, 2.24) is 9.61 Å². The van der Waals surface area contributed by atoms with E-state index >= 15 is 0 Å². The molecule has 2 heterocycles. The van der Waals surface area contributed by atoms with Gasteiger partial charge in [-0.05, 0) is 52.9 Å². The third kappa shape index (κ3) is 3.92. The van der Waals surface area contributed by atoms with Crippen molar-refractivity contribution in [1.29, 1.82) is 0 Å². The average molecular weight is 440 g/mol. The Bertz CT molecular complexity index is 1000. The second kappa shape index (κ2) is 8.35. The van der Waals surface area contributed by atoms with Crippen LogP contribution in [0.3, 0.4) is 0 Å². The van der Waals surface area contributed by atoms with Gasteiger partial charge in [-0.2, -0.15) is 5.10 Å². The number of hydrogen-bond acceptors (Lipinski definition) is 3. The number of halogens is 1. The third-order valence-corrected chi connectivity index (χ3v) is 5.88. The molecular weight excluding hydrogens is 414 g/mol. The number of aliphatic imine (C=N–C) groups is 1. The number of nitrogens with zero attached hydrogens (tertiary/aromatic N) is 3. The Morgan fingerprint density at radius 2 is 2.07 bits per heavy atom. The molecule has 3 N–H and O–H groups in total. The Hall–Kier alpha value is -2.34. The Balaban J connectivity index is 1.78. The van der Waals surface area contributed by atoms with E-state index in [4.69, 9.17) is 10.7 Å². The lowest BCUT2D eigenvalue weighted by molar-refractivity contribution is 0.463. The fraction of sp³-hybridized carbons (Fsp3) is 0.364. The van der Waals surface area contributed by atoms with Gasteiger partial charge in [-0.1, -0.05) is 44.4 Å². The Morgan fingerprint density at radius 1 is 1.29 bits per heavy atom. The van der Waals surface area contributed by atoms with Crippen molar-refractivity contribution in [2.24, 2.45) is 10.7 Å². The minimum Gasteiger partial charge on any atom is -0.383 e. The number of benzene rings is 1. The molecule has 0 radical (unpaired) electrons. The zero-order valence-corrected chi connectivity index (χ0v) is 17.7. The quantitative estimate of drug-likeness (QED) is 0.410. The molecule has 1 fully saturated rings. The molecule has 6 heteroatoms. The van der Waals surface area contributed by atoms with Crippen molar-refractivity contribution >= 4 is 38.7 Å². The van der Waals surface area contributed by atoms with Gasteiger partial charge in [-0.25, -0.2) is 9.51 Å². The summed E-state index contributed by atoms with van der Waals surface area (Å²) in [4.78, 5) is 4.76. The molecule has 0 spiro atoms. The number of aryl methyl sites for hydroxylation is 1. The monoisotopic (exact) mass is 439 g/mol. The van der Waals surface area contributed by atoms with Gasteiger partial charge in [0.25, 0.3) is 0 Å². The van der Waals surface area contributed by atoms with Crippen molar-refractivity contribution in [2.45, 2.75) is 51.5 Å². The molecule has 0 unspecified atom stereocenters. The van der Waals surface area contributed by atoms with Crippen LogP contribution >= 0.6 is 15.9 Å². The van der Waals surface area contributed by atoms with E-state index < -0.39 is 0 Å². The maximum atomic E-state index is 6.50. The van der Waals surface area contributed by atoms with Crippen LogP contribution in [-0.2, 0) is 6.42 Å². The summed E-state index contributed by atoms with van der Waals surface area (Å²) in [5.41, 5.74) is 11.5. The minimum atomic E-state index is 0.461. The lowest BCUT2D eigenvalue weighted by atomic mass is 9.95. The van der Waals surface area contributed by atoms with E-state index in [1.807, 2.05) is 35.1 Å². The van der Waals surface area contributed by atoms with Crippen molar-refractivity contribution < 1.29 is 0 Å². The molecule has 4 rings (SSSR count). The highest BCUT2D eigenvalue weighted by molar-refractivity contribution is 9.10. The second-order valence-electron chi connectivity index (χ2n) is 7.38. The van der Waals surface area contributed by atoms with E-state index in [-0.39, 0.29) is 0 Å². The maximum Gasteiger partial charge on any atom is 0.135 e. The third-order valence-electron chi connectivity index (χ3n) is 5.45. The molecule has 0 aliphatic heterocycles. The minimum absolute atomic E-state index is 0.461. The van der Waals surface area contributed by atoms with Crippen LogP contribution in [0.2, 0.25) is 0 Å². The summed E-state index contributed by atoms with van der Waals surface area (Å²) >= 11 is 3.57. The largest absolute Gasteiger partial charge is 0.383 e. The van der Waals surface area contributed by atoms with Gasteiger partial charge in [0.05, 0.1) is 28.7 Å². The molecule has 0 saturated heterocycles. The van der Waals surface area contributed by atoms with Crippen LogP contribution in [0, 0.1) is 0 Å². The molecule has 1 aliphatic rings. The normalized spacial score (nSPS) is 15.9. The Kier molecular flexibility index (Phi) is 5.67. The first kappa shape index (κ1) is 19.0. The van der Waals surface area contributed by atoms with E-state index in [1.54, 1.807) is 0 Å². The van der Waals surface area contributed by atoms with Crippen LogP contribution in [0.25, 0.3) is 5.52 Å². The van der Waals surface area contributed by atoms with Gasteiger partial charge in [-0.3, -0.25) is 0 Å². The first-order valence-electron chi connectivity index (χ1n) is 10.0. The maximum absolute atomic E-state index is 6.50. The highest BCUT2D eigenvalue weighted by Gasteiger charge is 2.19. The van der Waals surface area contributed by atoms with Gasteiger partial charge in [-0.15, -0.1) is 0 Å². The van der Waals surface area contributed by atoms with Gasteiger partial charge in [0.1, 0.15) is 5.84 Å². The zero-order chi connectivity index (χ0) is 19.5. The van der Waals surface area contributed by atoms with Gasteiger partial charge in [0, 0.05) is 16.7 Å². The van der Waals surface area contributed by atoms with E-state index in [9.17, 15) is 0 Å². The van der Waals surface area contributed by atoms with Crippen LogP contribution in [0.4, 0.5) is 11.4 Å². The van der Waals surface area contributed by atoms with Gasteiger partial charge in [0.15, 0.2) is 0 Å². The second-order valence-corrected chi connectivity index (χ2v) is 8.30. The van der Waals surface area contributed by atoms with Gasteiger partial charge in [0.2, 0.25) is 0 Å². The molecule has 2 aromatic heterocycles. The van der Waals surface area contributed by atoms with Crippen LogP contribution in [0.5, 0.6) is 0 Å². The summed E-state index contributed by atoms with van der Waals surface area (Å²) in [6, 6.07) is 10.7. The number of fused-ring (bicyclic) bond motifs is 1. The SMILES string of the molecule is CCc1ccccc1N=C(N)c1cnn2cc(Br)cc2c1NC1CCCCC1. The summed E-state index contributed by atoms with van der Waals surface area (Å²) < 4.78 is 2.88. The van der Waals surface area contributed by atoms with E-state index in [2.05, 4.69) is 45.4 Å². The Labute approximate surface area is 174 Å². The van der Waals surface area contributed by atoms with Crippen molar-refractivity contribution in [2.75, 3.05) is 5.32 Å². The molecule has 5 nitrogen and oxygen atoms in total. The molecule has 146 valence electrons. The molecule has 28 heavy (non-hydrogen) atoms. The van der Waals surface area contributed by atoms with Crippen LogP contribution in [0.15, 0.2) is 52.2 Å². The first-order valence-corrected chi connectivity index (χ1v) is 10.8.